The van der Waals surface area contributed by atoms with Crippen molar-refractivity contribution in [1.29, 1.82) is 0 Å². The van der Waals surface area contributed by atoms with Gasteiger partial charge in [0.15, 0.2) is 0 Å². The van der Waals surface area contributed by atoms with Crippen LogP contribution < -0.4 is 9.47 Å². The third-order valence-electron chi connectivity index (χ3n) is 7.66. The van der Waals surface area contributed by atoms with Gasteiger partial charge in [0, 0.05) is 18.1 Å². The number of benzene rings is 1. The van der Waals surface area contributed by atoms with E-state index in [-0.39, 0.29) is 11.6 Å². The maximum absolute atomic E-state index is 11.6. The summed E-state index contributed by atoms with van der Waals surface area (Å²) in [7, 11) is 0. The van der Waals surface area contributed by atoms with Crippen LogP contribution in [0.25, 0.3) is 6.08 Å². The second kappa shape index (κ2) is 12.8. The first kappa shape index (κ1) is 28.5. The van der Waals surface area contributed by atoms with Crippen LogP contribution in [0.1, 0.15) is 122 Å². The molecule has 3 atom stereocenters. The van der Waals surface area contributed by atoms with Crippen molar-refractivity contribution in [3.63, 3.8) is 0 Å². The minimum absolute atomic E-state index is 0.286. The highest BCUT2D eigenvalue weighted by Crippen LogP contribution is 2.43. The number of fused-ring (bicyclic) bond motifs is 1. The Hall–Kier alpha value is -1.77. The van der Waals surface area contributed by atoms with Crippen molar-refractivity contribution in [2.45, 2.75) is 126 Å². The van der Waals surface area contributed by atoms with Crippen LogP contribution in [-0.2, 0) is 4.79 Å². The fourth-order valence-corrected chi connectivity index (χ4v) is 5.19. The van der Waals surface area contributed by atoms with Crippen molar-refractivity contribution in [3.8, 4) is 11.5 Å². The molecular weight excluding hydrogens is 420 g/mol. The Morgan fingerprint density at radius 3 is 2.00 bits per heavy atom. The molecule has 1 aliphatic heterocycles. The molecule has 0 aromatic heterocycles. The van der Waals surface area contributed by atoms with Gasteiger partial charge < -0.3 is 9.47 Å². The zero-order valence-electron chi connectivity index (χ0n) is 23.5. The first-order valence-corrected chi connectivity index (χ1v) is 13.6. The van der Waals surface area contributed by atoms with E-state index in [1.807, 2.05) is 13.8 Å². The molecule has 3 nitrogen and oxygen atoms in total. The molecule has 34 heavy (non-hydrogen) atoms. The van der Waals surface area contributed by atoms with Gasteiger partial charge in [-0.15, -0.1) is 0 Å². The van der Waals surface area contributed by atoms with E-state index in [2.05, 4.69) is 53.7 Å². The Morgan fingerprint density at radius 2 is 1.44 bits per heavy atom. The fourth-order valence-electron chi connectivity index (χ4n) is 5.19. The second-order valence-electron chi connectivity index (χ2n) is 11.6. The summed E-state index contributed by atoms with van der Waals surface area (Å²) in [4.78, 5) is 11.6. The van der Waals surface area contributed by atoms with Crippen LogP contribution in [0, 0.1) is 38.5 Å². The van der Waals surface area contributed by atoms with Gasteiger partial charge in [0.1, 0.15) is 17.1 Å². The first-order valence-electron chi connectivity index (χ1n) is 13.6. The molecular formula is C31H50O3. The highest BCUT2D eigenvalue weighted by Gasteiger charge is 2.31. The standard InChI is InChI=1S/C31H50O3/c1-21(2)13-10-14-22(3)15-11-16-23(4)17-12-19-31(9)20-18-28-26(7)29(33-27(8)32)24(5)25(6)30(28)34-31/h18,20-23H,10-17,19H2,1-9H3/t22-,23-,31?/m1/s1. The molecule has 1 aromatic carbocycles. The Labute approximate surface area is 209 Å². The van der Waals surface area contributed by atoms with E-state index in [1.54, 1.807) is 0 Å². The summed E-state index contributed by atoms with van der Waals surface area (Å²) in [6.07, 6.45) is 16.0. The predicted molar refractivity (Wildman–Crippen MR) is 145 cm³/mol. The number of hydrogen-bond donors (Lipinski definition) is 0. The molecule has 1 heterocycles. The monoisotopic (exact) mass is 470 g/mol. The minimum Gasteiger partial charge on any atom is -0.483 e. The van der Waals surface area contributed by atoms with E-state index in [1.165, 1.54) is 58.3 Å². The van der Waals surface area contributed by atoms with Gasteiger partial charge in [-0.25, -0.2) is 0 Å². The summed E-state index contributed by atoms with van der Waals surface area (Å²) in [6, 6.07) is 0. The SMILES string of the molecule is CC(=O)Oc1c(C)c(C)c2c(c1C)C=CC(C)(CCC[C@H](C)CCC[C@H](C)CCCC(C)C)O2. The van der Waals surface area contributed by atoms with Gasteiger partial charge in [-0.2, -0.15) is 0 Å². The lowest BCUT2D eigenvalue weighted by molar-refractivity contribution is -0.132. The normalized spacial score (nSPS) is 19.0. The summed E-state index contributed by atoms with van der Waals surface area (Å²) in [6.45, 7) is 19.2. The zero-order chi connectivity index (χ0) is 25.5. The van der Waals surface area contributed by atoms with Crippen LogP contribution in [0.3, 0.4) is 0 Å². The maximum Gasteiger partial charge on any atom is 0.308 e. The quantitative estimate of drug-likeness (QED) is 0.213. The van der Waals surface area contributed by atoms with Crippen LogP contribution in [0.4, 0.5) is 0 Å². The molecule has 1 aromatic rings. The van der Waals surface area contributed by atoms with Gasteiger partial charge in [-0.1, -0.05) is 78.7 Å². The van der Waals surface area contributed by atoms with Crippen LogP contribution in [-0.4, -0.2) is 11.6 Å². The topological polar surface area (TPSA) is 35.5 Å². The third-order valence-corrected chi connectivity index (χ3v) is 7.66. The molecule has 0 spiro atoms. The number of rotatable bonds is 13. The molecule has 0 saturated heterocycles. The largest absolute Gasteiger partial charge is 0.483 e. The summed E-state index contributed by atoms with van der Waals surface area (Å²) >= 11 is 0. The first-order chi connectivity index (χ1) is 15.9. The lowest BCUT2D eigenvalue weighted by Gasteiger charge is -2.34. The van der Waals surface area contributed by atoms with Gasteiger partial charge in [0.25, 0.3) is 0 Å². The Balaban J connectivity index is 1.84. The van der Waals surface area contributed by atoms with E-state index in [4.69, 9.17) is 9.47 Å². The van der Waals surface area contributed by atoms with E-state index in [9.17, 15) is 4.79 Å². The highest BCUT2D eigenvalue weighted by atomic mass is 16.5. The molecule has 0 amide bonds. The van der Waals surface area contributed by atoms with Gasteiger partial charge in [0.2, 0.25) is 0 Å². The predicted octanol–water partition coefficient (Wildman–Crippen LogP) is 9.14. The van der Waals surface area contributed by atoms with Crippen molar-refractivity contribution in [3.05, 3.63) is 28.3 Å². The number of esters is 1. The molecule has 0 bridgehead atoms. The Kier molecular flexibility index (Phi) is 10.7. The molecule has 0 saturated carbocycles. The van der Waals surface area contributed by atoms with Gasteiger partial charge in [-0.3, -0.25) is 4.79 Å². The van der Waals surface area contributed by atoms with Gasteiger partial charge >= 0.3 is 5.97 Å². The summed E-state index contributed by atoms with van der Waals surface area (Å²) < 4.78 is 12.1. The maximum atomic E-state index is 11.6. The highest BCUT2D eigenvalue weighted by molar-refractivity contribution is 5.76. The van der Waals surface area contributed by atoms with Crippen molar-refractivity contribution in [2.24, 2.45) is 17.8 Å². The molecule has 3 heteroatoms. The molecule has 0 fully saturated rings. The lowest BCUT2D eigenvalue weighted by Crippen LogP contribution is -2.32. The third kappa shape index (κ3) is 8.17. The van der Waals surface area contributed by atoms with Crippen LogP contribution in [0.15, 0.2) is 6.08 Å². The minimum atomic E-state index is -0.287. The van der Waals surface area contributed by atoms with Crippen LogP contribution in [0.5, 0.6) is 11.5 Å². The number of ether oxygens (including phenoxy) is 2. The van der Waals surface area contributed by atoms with Crippen LogP contribution in [0.2, 0.25) is 0 Å². The summed E-state index contributed by atoms with van der Waals surface area (Å²) in [5.41, 5.74) is 3.76. The smallest absolute Gasteiger partial charge is 0.308 e. The van der Waals surface area contributed by atoms with Gasteiger partial charge in [-0.05, 0) is 75.5 Å². The van der Waals surface area contributed by atoms with E-state index < -0.39 is 0 Å². The molecule has 0 N–H and O–H groups in total. The summed E-state index contributed by atoms with van der Waals surface area (Å²) in [5, 5.41) is 0. The van der Waals surface area contributed by atoms with E-state index >= 15 is 0 Å². The zero-order valence-corrected chi connectivity index (χ0v) is 23.5. The number of hydrogen-bond acceptors (Lipinski definition) is 3. The molecule has 1 aliphatic rings. The second-order valence-corrected chi connectivity index (χ2v) is 11.6. The van der Waals surface area contributed by atoms with Gasteiger partial charge in [0.05, 0.1) is 0 Å². The van der Waals surface area contributed by atoms with E-state index in [0.29, 0.717) is 5.75 Å². The average Bonchev–Trinajstić information content (AvgIpc) is 2.74. The van der Waals surface area contributed by atoms with Crippen LogP contribution >= 0.6 is 0 Å². The Morgan fingerprint density at radius 1 is 0.882 bits per heavy atom. The van der Waals surface area contributed by atoms with E-state index in [0.717, 1.165) is 52.2 Å². The van der Waals surface area contributed by atoms with Crippen molar-refractivity contribution >= 4 is 12.0 Å². The molecule has 192 valence electrons. The molecule has 0 aliphatic carbocycles. The van der Waals surface area contributed by atoms with Crippen molar-refractivity contribution in [2.75, 3.05) is 0 Å². The van der Waals surface area contributed by atoms with Crippen molar-refractivity contribution < 1.29 is 14.3 Å². The molecule has 0 radical (unpaired) electrons. The molecule has 2 rings (SSSR count). The summed E-state index contributed by atoms with van der Waals surface area (Å²) in [5.74, 6) is 3.79. The molecule has 1 unspecified atom stereocenters. The fraction of sp³-hybridized carbons (Fsp3) is 0.710. The number of carbonyl (C=O) groups excluding carboxylic acids is 1. The van der Waals surface area contributed by atoms with Crippen molar-refractivity contribution in [1.82, 2.24) is 0 Å². The Bertz CT molecular complexity index is 851. The lowest BCUT2D eigenvalue weighted by atomic mass is 9.88. The average molecular weight is 471 g/mol. The number of carbonyl (C=O) groups is 1.